The van der Waals surface area contributed by atoms with Crippen LogP contribution in [0.15, 0.2) is 18.3 Å². The van der Waals surface area contributed by atoms with Gasteiger partial charge in [0.2, 0.25) is 5.91 Å². The number of pyridine rings is 1. The van der Waals surface area contributed by atoms with Gasteiger partial charge in [0.1, 0.15) is 12.0 Å². The van der Waals surface area contributed by atoms with Crippen molar-refractivity contribution in [2.24, 2.45) is 5.92 Å². The van der Waals surface area contributed by atoms with Crippen LogP contribution >= 0.6 is 0 Å². The van der Waals surface area contributed by atoms with Gasteiger partial charge < -0.3 is 10.2 Å². The number of anilines is 1. The fourth-order valence-corrected chi connectivity index (χ4v) is 3.10. The van der Waals surface area contributed by atoms with E-state index in [4.69, 9.17) is 0 Å². The molecule has 0 spiro atoms. The molecule has 1 N–H and O–H groups in total. The predicted molar refractivity (Wildman–Crippen MR) is 80.2 cm³/mol. The fraction of sp³-hybridized carbons (Fsp3) is 0.625. The topological polar surface area (TPSA) is 45.2 Å². The van der Waals surface area contributed by atoms with Crippen molar-refractivity contribution in [2.75, 3.05) is 18.0 Å². The maximum Gasteiger partial charge on any atom is 0.417 e. The van der Waals surface area contributed by atoms with E-state index in [9.17, 15) is 22.4 Å². The Morgan fingerprint density at radius 3 is 2.38 bits per heavy atom. The summed E-state index contributed by atoms with van der Waals surface area (Å²) in [5.74, 6) is 0.308. The number of carbonyl (C=O) groups is 1. The van der Waals surface area contributed by atoms with Gasteiger partial charge in [0.25, 0.3) is 0 Å². The lowest BCUT2D eigenvalue weighted by Crippen LogP contribution is -2.49. The lowest BCUT2D eigenvalue weighted by atomic mass is 9.89. The van der Waals surface area contributed by atoms with Crippen LogP contribution in [0, 0.1) is 5.92 Å². The minimum absolute atomic E-state index is 0.0491. The average molecular weight is 345 g/mol. The lowest BCUT2D eigenvalue weighted by molar-refractivity contribution is -0.137. The summed E-state index contributed by atoms with van der Waals surface area (Å²) in [6.45, 7) is 1.12. The molecule has 1 aromatic rings. The molecule has 2 fully saturated rings. The second-order valence-electron chi connectivity index (χ2n) is 6.44. The van der Waals surface area contributed by atoms with Crippen molar-refractivity contribution in [1.82, 2.24) is 10.3 Å². The Labute approximate surface area is 137 Å². The van der Waals surface area contributed by atoms with Gasteiger partial charge in [-0.1, -0.05) is 0 Å². The van der Waals surface area contributed by atoms with Crippen molar-refractivity contribution in [3.8, 4) is 0 Å². The molecule has 3 rings (SSSR count). The van der Waals surface area contributed by atoms with Crippen LogP contribution in [0.3, 0.4) is 0 Å². The van der Waals surface area contributed by atoms with Gasteiger partial charge in [0, 0.05) is 31.2 Å². The molecule has 132 valence electrons. The molecule has 4 nitrogen and oxygen atoms in total. The van der Waals surface area contributed by atoms with Crippen LogP contribution in [0.2, 0.25) is 0 Å². The van der Waals surface area contributed by atoms with Gasteiger partial charge in [0.15, 0.2) is 0 Å². The van der Waals surface area contributed by atoms with Gasteiger partial charge in [-0.15, -0.1) is 0 Å². The Morgan fingerprint density at radius 2 is 1.88 bits per heavy atom. The molecule has 0 unspecified atom stereocenters. The van der Waals surface area contributed by atoms with Crippen molar-refractivity contribution in [3.63, 3.8) is 0 Å². The van der Waals surface area contributed by atoms with E-state index in [1.54, 1.807) is 0 Å². The number of rotatable bonds is 3. The van der Waals surface area contributed by atoms with E-state index >= 15 is 0 Å². The first-order chi connectivity index (χ1) is 11.3. The number of aromatic nitrogens is 1. The molecule has 1 amide bonds. The number of carbonyl (C=O) groups excluding carboxylic acids is 1. The van der Waals surface area contributed by atoms with Crippen molar-refractivity contribution in [3.05, 3.63) is 23.9 Å². The monoisotopic (exact) mass is 345 g/mol. The number of halogens is 4. The molecule has 1 aromatic heterocycles. The minimum atomic E-state index is -4.39. The normalized spacial score (nSPS) is 25.2. The summed E-state index contributed by atoms with van der Waals surface area (Å²) in [5.41, 5.74) is -0.771. The van der Waals surface area contributed by atoms with Crippen LogP contribution < -0.4 is 10.2 Å². The molecule has 24 heavy (non-hydrogen) atoms. The van der Waals surface area contributed by atoms with E-state index in [0.29, 0.717) is 44.6 Å². The summed E-state index contributed by atoms with van der Waals surface area (Å²) in [4.78, 5) is 17.9. The van der Waals surface area contributed by atoms with Gasteiger partial charge in [-0.25, -0.2) is 9.37 Å². The summed E-state index contributed by atoms with van der Waals surface area (Å²) >= 11 is 0. The van der Waals surface area contributed by atoms with Crippen LogP contribution in [0.5, 0.6) is 0 Å². The third kappa shape index (κ3) is 3.79. The lowest BCUT2D eigenvalue weighted by Gasteiger charge is -2.35. The zero-order valence-electron chi connectivity index (χ0n) is 13.0. The molecule has 0 bridgehead atoms. The van der Waals surface area contributed by atoms with Crippen molar-refractivity contribution >= 4 is 11.7 Å². The summed E-state index contributed by atoms with van der Waals surface area (Å²) in [6.07, 6.45) is -2.36. The highest BCUT2D eigenvalue weighted by atomic mass is 19.4. The predicted octanol–water partition coefficient (Wildman–Crippen LogP) is 2.93. The molecule has 1 aliphatic carbocycles. The first-order valence-electron chi connectivity index (χ1n) is 8.05. The van der Waals surface area contributed by atoms with Crippen molar-refractivity contribution in [1.29, 1.82) is 0 Å². The fourth-order valence-electron chi connectivity index (χ4n) is 3.10. The van der Waals surface area contributed by atoms with Crippen molar-refractivity contribution in [2.45, 2.75) is 44.1 Å². The molecule has 2 aliphatic rings. The molecular weight excluding hydrogens is 326 g/mol. The zero-order valence-corrected chi connectivity index (χ0v) is 13.0. The smallest absolute Gasteiger partial charge is 0.357 e. The van der Waals surface area contributed by atoms with E-state index < -0.39 is 17.9 Å². The molecule has 0 radical (unpaired) electrons. The Hall–Kier alpha value is -1.86. The summed E-state index contributed by atoms with van der Waals surface area (Å²) in [7, 11) is 0. The SMILES string of the molecule is O=C(NC1CC(F)C1)C1CCN(c2ccc(C(F)(F)F)cn2)CC1. The van der Waals surface area contributed by atoms with Gasteiger partial charge >= 0.3 is 6.18 Å². The number of piperidine rings is 1. The molecule has 1 saturated heterocycles. The summed E-state index contributed by atoms with van der Waals surface area (Å²) < 4.78 is 50.4. The third-order valence-corrected chi connectivity index (χ3v) is 4.69. The number of nitrogens with zero attached hydrogens (tertiary/aromatic N) is 2. The van der Waals surface area contributed by atoms with Gasteiger partial charge in [0.05, 0.1) is 5.56 Å². The summed E-state index contributed by atoms with van der Waals surface area (Å²) in [5, 5.41) is 2.86. The van der Waals surface area contributed by atoms with Crippen molar-refractivity contribution < 1.29 is 22.4 Å². The number of amides is 1. The molecule has 8 heteroatoms. The molecule has 0 atom stereocenters. The maximum absolute atomic E-state index is 12.8. The first kappa shape index (κ1) is 17.0. The molecular formula is C16H19F4N3O. The highest BCUT2D eigenvalue weighted by Crippen LogP contribution is 2.30. The molecule has 2 heterocycles. The molecule has 0 aromatic carbocycles. The Kier molecular flexibility index (Phi) is 4.64. The Bertz CT molecular complexity index is 576. The second kappa shape index (κ2) is 6.57. The van der Waals surface area contributed by atoms with E-state index in [2.05, 4.69) is 10.3 Å². The number of hydrogen-bond donors (Lipinski definition) is 1. The number of alkyl halides is 4. The Balaban J connectivity index is 1.50. The minimum Gasteiger partial charge on any atom is -0.357 e. The van der Waals surface area contributed by atoms with Crippen LogP contribution in [0.4, 0.5) is 23.4 Å². The quantitative estimate of drug-likeness (QED) is 0.857. The van der Waals surface area contributed by atoms with E-state index in [0.717, 1.165) is 12.3 Å². The van der Waals surface area contributed by atoms with Crippen LogP contribution in [-0.2, 0) is 11.0 Å². The average Bonchev–Trinajstić information content (AvgIpc) is 2.53. The zero-order chi connectivity index (χ0) is 17.3. The van der Waals surface area contributed by atoms with Gasteiger partial charge in [-0.05, 0) is 37.8 Å². The van der Waals surface area contributed by atoms with E-state index in [1.165, 1.54) is 6.07 Å². The molecule has 1 aliphatic heterocycles. The van der Waals surface area contributed by atoms with Gasteiger partial charge in [-0.2, -0.15) is 13.2 Å². The van der Waals surface area contributed by atoms with Crippen LogP contribution in [0.1, 0.15) is 31.2 Å². The largest absolute Gasteiger partial charge is 0.417 e. The van der Waals surface area contributed by atoms with E-state index in [-0.39, 0.29) is 17.9 Å². The summed E-state index contributed by atoms with van der Waals surface area (Å²) in [6, 6.07) is 2.33. The van der Waals surface area contributed by atoms with Crippen LogP contribution in [-0.4, -0.2) is 36.2 Å². The third-order valence-electron chi connectivity index (χ3n) is 4.69. The van der Waals surface area contributed by atoms with Crippen LogP contribution in [0.25, 0.3) is 0 Å². The molecule has 1 saturated carbocycles. The highest BCUT2D eigenvalue weighted by molar-refractivity contribution is 5.79. The Morgan fingerprint density at radius 1 is 1.21 bits per heavy atom. The number of hydrogen-bond acceptors (Lipinski definition) is 3. The standard InChI is InChI=1S/C16H19F4N3O/c17-12-7-13(8-12)22-15(24)10-3-5-23(6-4-10)14-2-1-11(9-21-14)16(18,19)20/h1-2,9-10,12-13H,3-8H2,(H,22,24). The highest BCUT2D eigenvalue weighted by Gasteiger charge is 2.34. The van der Waals surface area contributed by atoms with Gasteiger partial charge in [-0.3, -0.25) is 4.79 Å². The van der Waals surface area contributed by atoms with E-state index in [1.807, 2.05) is 4.90 Å². The maximum atomic E-state index is 12.8. The second-order valence-corrected chi connectivity index (χ2v) is 6.44. The number of nitrogens with one attached hydrogen (secondary N) is 1. The first-order valence-corrected chi connectivity index (χ1v) is 8.05.